The van der Waals surface area contributed by atoms with E-state index in [1.165, 1.54) is 11.8 Å². The highest BCUT2D eigenvalue weighted by Crippen LogP contribution is 2.27. The highest BCUT2D eigenvalue weighted by molar-refractivity contribution is 5.88. The van der Waals surface area contributed by atoms with E-state index < -0.39 is 0 Å². The number of aromatic nitrogens is 4. The second kappa shape index (κ2) is 6.09. The van der Waals surface area contributed by atoms with Crippen molar-refractivity contribution in [2.75, 3.05) is 19.8 Å². The lowest BCUT2D eigenvalue weighted by atomic mass is 9.99. The molecule has 0 spiro atoms. The van der Waals surface area contributed by atoms with E-state index in [4.69, 9.17) is 14.5 Å². The van der Waals surface area contributed by atoms with Crippen LogP contribution in [0.4, 0.5) is 0 Å². The van der Waals surface area contributed by atoms with Crippen LogP contribution in [0.2, 0.25) is 0 Å². The minimum atomic E-state index is -0.356. The molecule has 0 aliphatic carbocycles. The highest BCUT2D eigenvalue weighted by atomic mass is 16.5. The van der Waals surface area contributed by atoms with Crippen LogP contribution in [0.15, 0.2) is 36.9 Å². The number of ether oxygens (including phenoxy) is 2. The van der Waals surface area contributed by atoms with E-state index in [1.807, 2.05) is 22.9 Å². The van der Waals surface area contributed by atoms with Crippen LogP contribution in [0.5, 0.6) is 0 Å². The summed E-state index contributed by atoms with van der Waals surface area (Å²) >= 11 is 0. The molecule has 3 aromatic heterocycles. The number of carbonyl (C=O) groups is 1. The van der Waals surface area contributed by atoms with E-state index in [1.54, 1.807) is 17.8 Å². The first kappa shape index (κ1) is 14.9. The normalized spacial score (nSPS) is 14.7. The van der Waals surface area contributed by atoms with Crippen molar-refractivity contribution in [3.63, 3.8) is 0 Å². The maximum absolute atomic E-state index is 11.7. The zero-order chi connectivity index (χ0) is 16.5. The summed E-state index contributed by atoms with van der Waals surface area (Å²) in [4.78, 5) is 16.4. The molecule has 1 aliphatic rings. The summed E-state index contributed by atoms with van der Waals surface area (Å²) < 4.78 is 14.0. The van der Waals surface area contributed by atoms with E-state index in [2.05, 4.69) is 11.2 Å². The number of carbonyl (C=O) groups excluding carboxylic acids is 1. The average Bonchev–Trinajstić information content (AvgIpc) is 3.13. The van der Waals surface area contributed by atoms with Gasteiger partial charge < -0.3 is 13.9 Å². The Morgan fingerprint density at radius 2 is 2.29 bits per heavy atom. The Labute approximate surface area is 138 Å². The molecule has 0 amide bonds. The number of esters is 1. The predicted molar refractivity (Wildman–Crippen MR) is 86.0 cm³/mol. The Balaban J connectivity index is 1.57. The zero-order valence-corrected chi connectivity index (χ0v) is 13.4. The number of imidazole rings is 1. The van der Waals surface area contributed by atoms with Gasteiger partial charge in [-0.25, -0.2) is 9.78 Å². The van der Waals surface area contributed by atoms with Crippen molar-refractivity contribution in [1.29, 1.82) is 0 Å². The molecule has 0 unspecified atom stereocenters. The summed E-state index contributed by atoms with van der Waals surface area (Å²) in [6.45, 7) is 4.14. The van der Waals surface area contributed by atoms with Crippen molar-refractivity contribution in [3.05, 3.63) is 53.7 Å². The molecule has 4 rings (SSSR count). The first-order chi connectivity index (χ1) is 11.7. The quantitative estimate of drug-likeness (QED) is 0.669. The fourth-order valence-corrected chi connectivity index (χ4v) is 2.83. The Bertz CT molecular complexity index is 879. The standard InChI is InChI=1S/C17H18N4O3/c1-2-24-17(22)12-6-18-21(7-12)9-14-8-20-5-3-4-15(16(20)19-14)13-10-23-11-13/h3-8,13H,2,9-11H2,1H3. The third-order valence-electron chi connectivity index (χ3n) is 4.11. The van der Waals surface area contributed by atoms with E-state index in [-0.39, 0.29) is 5.97 Å². The molecule has 1 saturated heterocycles. The van der Waals surface area contributed by atoms with Gasteiger partial charge in [-0.3, -0.25) is 4.68 Å². The summed E-state index contributed by atoms with van der Waals surface area (Å²) in [5.41, 5.74) is 3.51. The Morgan fingerprint density at radius 1 is 1.42 bits per heavy atom. The van der Waals surface area contributed by atoms with Gasteiger partial charge in [-0.15, -0.1) is 0 Å². The zero-order valence-electron chi connectivity index (χ0n) is 13.4. The number of hydrogen-bond acceptors (Lipinski definition) is 5. The van der Waals surface area contributed by atoms with Gasteiger partial charge in [0.2, 0.25) is 0 Å². The van der Waals surface area contributed by atoms with Crippen molar-refractivity contribution >= 4 is 11.6 Å². The minimum absolute atomic E-state index is 0.351. The van der Waals surface area contributed by atoms with Crippen LogP contribution >= 0.6 is 0 Å². The molecule has 7 nitrogen and oxygen atoms in total. The van der Waals surface area contributed by atoms with Gasteiger partial charge in [-0.2, -0.15) is 5.10 Å². The van der Waals surface area contributed by atoms with Crippen molar-refractivity contribution < 1.29 is 14.3 Å². The highest BCUT2D eigenvalue weighted by Gasteiger charge is 2.23. The molecular formula is C17H18N4O3. The summed E-state index contributed by atoms with van der Waals surface area (Å²) in [5, 5.41) is 4.22. The van der Waals surface area contributed by atoms with Gasteiger partial charge in [0.05, 0.1) is 43.8 Å². The molecule has 24 heavy (non-hydrogen) atoms. The first-order valence-electron chi connectivity index (χ1n) is 7.98. The molecule has 7 heteroatoms. The lowest BCUT2D eigenvalue weighted by Gasteiger charge is -2.26. The monoisotopic (exact) mass is 326 g/mol. The summed E-state index contributed by atoms with van der Waals surface area (Å²) in [6, 6.07) is 4.13. The second-order valence-corrected chi connectivity index (χ2v) is 5.81. The first-order valence-corrected chi connectivity index (χ1v) is 7.98. The van der Waals surface area contributed by atoms with Gasteiger partial charge in [-0.1, -0.05) is 6.07 Å². The molecule has 3 aromatic rings. The Kier molecular flexibility index (Phi) is 3.78. The molecule has 1 aliphatic heterocycles. The largest absolute Gasteiger partial charge is 0.462 e. The number of nitrogens with zero attached hydrogens (tertiary/aromatic N) is 4. The smallest absolute Gasteiger partial charge is 0.341 e. The fourth-order valence-electron chi connectivity index (χ4n) is 2.83. The maximum atomic E-state index is 11.7. The van der Waals surface area contributed by atoms with Gasteiger partial charge in [0.1, 0.15) is 5.65 Å². The average molecular weight is 326 g/mol. The van der Waals surface area contributed by atoms with Crippen LogP contribution in [0.3, 0.4) is 0 Å². The van der Waals surface area contributed by atoms with Crippen LogP contribution < -0.4 is 0 Å². The van der Waals surface area contributed by atoms with Gasteiger partial charge in [0, 0.05) is 30.1 Å². The summed E-state index contributed by atoms with van der Waals surface area (Å²) in [7, 11) is 0. The molecule has 0 atom stereocenters. The van der Waals surface area contributed by atoms with Crippen molar-refractivity contribution in [1.82, 2.24) is 19.2 Å². The van der Waals surface area contributed by atoms with Crippen molar-refractivity contribution in [2.45, 2.75) is 19.4 Å². The molecule has 0 radical (unpaired) electrons. The van der Waals surface area contributed by atoms with Crippen LogP contribution in [-0.4, -0.2) is 45.0 Å². The van der Waals surface area contributed by atoms with Crippen LogP contribution in [0.25, 0.3) is 5.65 Å². The third-order valence-corrected chi connectivity index (χ3v) is 4.11. The Morgan fingerprint density at radius 3 is 3.04 bits per heavy atom. The Hall–Kier alpha value is -2.67. The summed E-state index contributed by atoms with van der Waals surface area (Å²) in [5.74, 6) is 0.0649. The summed E-state index contributed by atoms with van der Waals surface area (Å²) in [6.07, 6.45) is 7.18. The molecule has 0 saturated carbocycles. The van der Waals surface area contributed by atoms with Gasteiger partial charge in [0.25, 0.3) is 0 Å². The van der Waals surface area contributed by atoms with Crippen LogP contribution in [0.1, 0.15) is 34.5 Å². The molecular weight excluding hydrogens is 308 g/mol. The molecule has 124 valence electrons. The van der Waals surface area contributed by atoms with E-state index >= 15 is 0 Å². The molecule has 0 N–H and O–H groups in total. The predicted octanol–water partition coefficient (Wildman–Crippen LogP) is 1.87. The maximum Gasteiger partial charge on any atom is 0.341 e. The molecule has 0 bridgehead atoms. The van der Waals surface area contributed by atoms with Gasteiger partial charge in [-0.05, 0) is 13.0 Å². The minimum Gasteiger partial charge on any atom is -0.462 e. The topological polar surface area (TPSA) is 70.7 Å². The van der Waals surface area contributed by atoms with Crippen molar-refractivity contribution in [2.24, 2.45) is 0 Å². The van der Waals surface area contributed by atoms with Crippen molar-refractivity contribution in [3.8, 4) is 0 Å². The van der Waals surface area contributed by atoms with Crippen LogP contribution in [-0.2, 0) is 16.0 Å². The lowest BCUT2D eigenvalue weighted by Crippen LogP contribution is -2.25. The number of rotatable bonds is 5. The third kappa shape index (κ3) is 2.67. The van der Waals surface area contributed by atoms with E-state index in [0.29, 0.717) is 24.6 Å². The number of hydrogen-bond donors (Lipinski definition) is 0. The number of pyridine rings is 1. The second-order valence-electron chi connectivity index (χ2n) is 5.81. The lowest BCUT2D eigenvalue weighted by molar-refractivity contribution is 0.00879. The molecule has 4 heterocycles. The fraction of sp³-hybridized carbons (Fsp3) is 0.353. The number of fused-ring (bicyclic) bond motifs is 1. The molecule has 1 fully saturated rings. The van der Waals surface area contributed by atoms with E-state index in [9.17, 15) is 4.79 Å². The van der Waals surface area contributed by atoms with Gasteiger partial charge in [0.15, 0.2) is 0 Å². The van der Waals surface area contributed by atoms with E-state index in [0.717, 1.165) is 24.6 Å². The SMILES string of the molecule is CCOC(=O)c1cnn(Cc2cn3cccc(C4COC4)c3n2)c1. The van der Waals surface area contributed by atoms with Crippen LogP contribution in [0, 0.1) is 0 Å². The molecule has 0 aromatic carbocycles. The van der Waals surface area contributed by atoms with Gasteiger partial charge >= 0.3 is 5.97 Å².